The number of anilines is 1. The molecular formula is C23H22N4O2. The molecular weight excluding hydrogens is 364 g/mol. The number of phenols is 1. The number of allylic oxidation sites excluding steroid dienone is 2. The summed E-state index contributed by atoms with van der Waals surface area (Å²) in [6.45, 7) is 4.24. The molecule has 6 nitrogen and oxygen atoms in total. The van der Waals surface area contributed by atoms with Crippen LogP contribution < -0.4 is 5.32 Å². The van der Waals surface area contributed by atoms with Crippen molar-refractivity contribution in [1.29, 1.82) is 0 Å². The first-order chi connectivity index (χ1) is 13.9. The van der Waals surface area contributed by atoms with Gasteiger partial charge in [0.1, 0.15) is 11.8 Å². The molecule has 0 radical (unpaired) electrons. The molecule has 0 saturated heterocycles. The van der Waals surface area contributed by atoms with Crippen LogP contribution in [-0.4, -0.2) is 25.7 Å². The van der Waals surface area contributed by atoms with Gasteiger partial charge in [-0.25, -0.2) is 4.68 Å². The topological polar surface area (TPSA) is 80.0 Å². The number of aromatic nitrogens is 3. The van der Waals surface area contributed by atoms with E-state index in [0.717, 1.165) is 28.8 Å². The molecule has 2 N–H and O–H groups in total. The monoisotopic (exact) mass is 386 g/mol. The van der Waals surface area contributed by atoms with Crippen LogP contribution in [0.25, 0.3) is 11.4 Å². The van der Waals surface area contributed by atoms with E-state index in [0.29, 0.717) is 18.2 Å². The number of fused-ring (bicyclic) bond motifs is 1. The Morgan fingerprint density at radius 3 is 2.52 bits per heavy atom. The van der Waals surface area contributed by atoms with Crippen molar-refractivity contribution in [3.63, 3.8) is 0 Å². The van der Waals surface area contributed by atoms with Gasteiger partial charge in [0.2, 0.25) is 5.95 Å². The lowest BCUT2D eigenvalue weighted by Crippen LogP contribution is -2.36. The normalized spacial score (nSPS) is 20.1. The van der Waals surface area contributed by atoms with Crippen LogP contribution in [0.5, 0.6) is 5.75 Å². The van der Waals surface area contributed by atoms with Crippen molar-refractivity contribution in [2.24, 2.45) is 5.41 Å². The molecule has 0 amide bonds. The highest BCUT2D eigenvalue weighted by Crippen LogP contribution is 2.45. The molecule has 29 heavy (non-hydrogen) atoms. The van der Waals surface area contributed by atoms with Crippen LogP contribution in [0.3, 0.4) is 0 Å². The van der Waals surface area contributed by atoms with Gasteiger partial charge in [0.25, 0.3) is 0 Å². The molecule has 1 aromatic heterocycles. The predicted octanol–water partition coefficient (Wildman–Crippen LogP) is 4.31. The van der Waals surface area contributed by atoms with Crippen molar-refractivity contribution in [1.82, 2.24) is 14.8 Å². The number of benzene rings is 2. The van der Waals surface area contributed by atoms with Gasteiger partial charge >= 0.3 is 0 Å². The average Bonchev–Trinajstić information content (AvgIpc) is 3.10. The minimum absolute atomic E-state index is 0.0911. The molecule has 5 rings (SSSR count). The quantitative estimate of drug-likeness (QED) is 0.686. The summed E-state index contributed by atoms with van der Waals surface area (Å²) in [5, 5.41) is 17.7. The zero-order valence-corrected chi connectivity index (χ0v) is 16.4. The molecule has 1 aliphatic carbocycles. The standard InChI is InChI=1S/C23H22N4O2/c1-23(2)12-17-19(18(29)13-23)20(14-6-4-3-5-7-14)27-22(24-17)25-21(26-27)15-8-10-16(28)11-9-15/h3-11,20,28H,12-13H2,1-2H3,(H,24,25,26)/t20-/m1/s1. The van der Waals surface area contributed by atoms with E-state index in [1.807, 2.05) is 35.0 Å². The Morgan fingerprint density at radius 2 is 1.79 bits per heavy atom. The molecule has 2 heterocycles. The number of rotatable bonds is 2. The number of carbonyl (C=O) groups excluding carboxylic acids is 1. The number of phenolic OH excluding ortho intramolecular Hbond substituents is 1. The third-order valence-electron chi connectivity index (χ3n) is 5.57. The number of ketones is 1. The fraction of sp³-hybridized carbons (Fsp3) is 0.261. The second-order valence-corrected chi connectivity index (χ2v) is 8.52. The molecule has 2 aromatic carbocycles. The van der Waals surface area contributed by atoms with Gasteiger partial charge in [0.05, 0.1) is 0 Å². The minimum Gasteiger partial charge on any atom is -0.508 e. The number of hydrogen-bond acceptors (Lipinski definition) is 5. The average molecular weight is 386 g/mol. The molecule has 146 valence electrons. The summed E-state index contributed by atoms with van der Waals surface area (Å²) in [7, 11) is 0. The summed E-state index contributed by atoms with van der Waals surface area (Å²) in [6, 6.07) is 16.5. The largest absolute Gasteiger partial charge is 0.508 e. The molecule has 0 spiro atoms. The van der Waals surface area contributed by atoms with Gasteiger partial charge in [-0.2, -0.15) is 4.98 Å². The lowest BCUT2D eigenvalue weighted by atomic mass is 9.73. The Labute approximate surface area is 168 Å². The molecule has 0 bridgehead atoms. The van der Waals surface area contributed by atoms with Gasteiger partial charge in [0.15, 0.2) is 11.6 Å². The highest BCUT2D eigenvalue weighted by molar-refractivity contribution is 6.00. The van der Waals surface area contributed by atoms with E-state index in [1.54, 1.807) is 24.3 Å². The molecule has 3 aromatic rings. The summed E-state index contributed by atoms with van der Waals surface area (Å²) in [5.74, 6) is 1.54. The van der Waals surface area contributed by atoms with Crippen LogP contribution in [0.15, 0.2) is 65.9 Å². The Kier molecular flexibility index (Phi) is 3.84. The van der Waals surface area contributed by atoms with Crippen LogP contribution in [0.2, 0.25) is 0 Å². The van der Waals surface area contributed by atoms with Crippen molar-refractivity contribution in [3.05, 3.63) is 71.4 Å². The first-order valence-electron chi connectivity index (χ1n) is 9.75. The maximum atomic E-state index is 13.2. The number of hydrogen-bond donors (Lipinski definition) is 2. The first-order valence-corrected chi connectivity index (χ1v) is 9.75. The van der Waals surface area contributed by atoms with Crippen molar-refractivity contribution < 1.29 is 9.90 Å². The highest BCUT2D eigenvalue weighted by Gasteiger charge is 2.41. The zero-order valence-electron chi connectivity index (χ0n) is 16.4. The van der Waals surface area contributed by atoms with E-state index in [-0.39, 0.29) is 23.0 Å². The fourth-order valence-corrected chi connectivity index (χ4v) is 4.29. The van der Waals surface area contributed by atoms with Crippen molar-refractivity contribution in [2.75, 3.05) is 5.32 Å². The lowest BCUT2D eigenvalue weighted by molar-refractivity contribution is -0.118. The van der Waals surface area contributed by atoms with Gasteiger partial charge in [-0.05, 0) is 41.7 Å². The van der Waals surface area contributed by atoms with Gasteiger partial charge in [-0.3, -0.25) is 4.79 Å². The third-order valence-corrected chi connectivity index (χ3v) is 5.57. The highest BCUT2D eigenvalue weighted by atomic mass is 16.3. The molecule has 6 heteroatoms. The summed E-state index contributed by atoms with van der Waals surface area (Å²) >= 11 is 0. The van der Waals surface area contributed by atoms with E-state index in [9.17, 15) is 9.90 Å². The van der Waals surface area contributed by atoms with Crippen LogP contribution in [0.4, 0.5) is 5.95 Å². The van der Waals surface area contributed by atoms with Gasteiger partial charge in [-0.15, -0.1) is 5.10 Å². The fourth-order valence-electron chi connectivity index (χ4n) is 4.29. The predicted molar refractivity (Wildman–Crippen MR) is 110 cm³/mol. The molecule has 1 aliphatic heterocycles. The van der Waals surface area contributed by atoms with E-state index in [2.05, 4.69) is 19.2 Å². The van der Waals surface area contributed by atoms with Crippen LogP contribution in [0.1, 0.15) is 38.3 Å². The van der Waals surface area contributed by atoms with Gasteiger partial charge in [0, 0.05) is 23.3 Å². The molecule has 0 saturated carbocycles. The maximum Gasteiger partial charge on any atom is 0.226 e. The number of nitrogens with one attached hydrogen (secondary N) is 1. The van der Waals surface area contributed by atoms with E-state index in [4.69, 9.17) is 10.1 Å². The third kappa shape index (κ3) is 3.01. The van der Waals surface area contributed by atoms with Gasteiger partial charge < -0.3 is 10.4 Å². The Hall–Kier alpha value is -3.41. The van der Waals surface area contributed by atoms with E-state index < -0.39 is 0 Å². The smallest absolute Gasteiger partial charge is 0.226 e. The Balaban J connectivity index is 1.67. The SMILES string of the molecule is CC1(C)CC(=O)C2=C(C1)Nc1nc(-c3ccc(O)cc3)nn1[C@@H]2c1ccccc1. The molecule has 0 unspecified atom stereocenters. The van der Waals surface area contributed by atoms with Crippen molar-refractivity contribution >= 4 is 11.7 Å². The summed E-state index contributed by atoms with van der Waals surface area (Å²) in [4.78, 5) is 17.9. The van der Waals surface area contributed by atoms with Crippen molar-refractivity contribution in [2.45, 2.75) is 32.7 Å². The Bertz CT molecular complexity index is 1130. The number of carbonyl (C=O) groups is 1. The van der Waals surface area contributed by atoms with E-state index >= 15 is 0 Å². The molecule has 0 fully saturated rings. The van der Waals surface area contributed by atoms with Crippen LogP contribution in [-0.2, 0) is 4.79 Å². The van der Waals surface area contributed by atoms with Crippen molar-refractivity contribution in [3.8, 4) is 17.1 Å². The molecule has 2 aliphatic rings. The second-order valence-electron chi connectivity index (χ2n) is 8.52. The van der Waals surface area contributed by atoms with Crippen LogP contribution in [0, 0.1) is 5.41 Å². The number of Topliss-reactive ketones (excluding diaryl/α,β-unsaturated/α-hetero) is 1. The molecule has 1 atom stereocenters. The Morgan fingerprint density at radius 1 is 1.07 bits per heavy atom. The zero-order chi connectivity index (χ0) is 20.2. The van der Waals surface area contributed by atoms with Crippen LogP contribution >= 0.6 is 0 Å². The first kappa shape index (κ1) is 17.7. The summed E-state index contributed by atoms with van der Waals surface area (Å²) in [6.07, 6.45) is 1.31. The minimum atomic E-state index is -0.301. The number of aromatic hydroxyl groups is 1. The summed E-state index contributed by atoms with van der Waals surface area (Å²) in [5.41, 5.74) is 3.45. The summed E-state index contributed by atoms with van der Waals surface area (Å²) < 4.78 is 1.81. The second kappa shape index (κ2) is 6.30. The lowest BCUT2D eigenvalue weighted by Gasteiger charge is -2.38. The maximum absolute atomic E-state index is 13.2. The number of nitrogens with zero attached hydrogens (tertiary/aromatic N) is 3. The van der Waals surface area contributed by atoms with E-state index in [1.165, 1.54) is 0 Å². The van der Waals surface area contributed by atoms with Gasteiger partial charge in [-0.1, -0.05) is 44.2 Å².